The quantitative estimate of drug-likeness (QED) is 0.498. The van der Waals surface area contributed by atoms with Crippen LogP contribution < -0.4 is 14.2 Å². The largest absolute Gasteiger partial charge is 0.493 e. The second-order valence-corrected chi connectivity index (χ2v) is 6.05. The number of aromatic nitrogens is 3. The van der Waals surface area contributed by atoms with E-state index in [1.54, 1.807) is 24.4 Å². The molecule has 2 aromatic carbocycles. The number of ether oxygens (including phenoxy) is 3. The second kappa shape index (κ2) is 7.11. The van der Waals surface area contributed by atoms with Gasteiger partial charge in [-0.2, -0.15) is 0 Å². The lowest BCUT2D eigenvalue weighted by Gasteiger charge is -2.13. The smallest absolute Gasteiger partial charge is 0.211 e. The van der Waals surface area contributed by atoms with Gasteiger partial charge in [-0.3, -0.25) is 4.79 Å². The van der Waals surface area contributed by atoms with Crippen LogP contribution >= 0.6 is 0 Å². The summed E-state index contributed by atoms with van der Waals surface area (Å²) in [6.07, 6.45) is 3.25. The van der Waals surface area contributed by atoms with Gasteiger partial charge in [0.1, 0.15) is 11.5 Å². The van der Waals surface area contributed by atoms with Gasteiger partial charge in [-0.1, -0.05) is 18.2 Å². The highest BCUT2D eigenvalue weighted by atomic mass is 16.5. The zero-order valence-electron chi connectivity index (χ0n) is 16.6. The predicted octanol–water partition coefficient (Wildman–Crippen LogP) is 3.81. The summed E-state index contributed by atoms with van der Waals surface area (Å²) in [6, 6.07) is 8.99. The number of fused-ring (bicyclic) bond motifs is 1. The number of benzene rings is 2. The molecule has 0 amide bonds. The average molecular weight is 378 g/mol. The minimum atomic E-state index is -0.269. The highest BCUT2D eigenvalue weighted by Crippen LogP contribution is 2.38. The molecule has 0 aliphatic heterocycles. The first-order valence-corrected chi connectivity index (χ1v) is 8.54. The van der Waals surface area contributed by atoms with Gasteiger partial charge in [0.2, 0.25) is 11.5 Å². The summed E-state index contributed by atoms with van der Waals surface area (Å²) in [5.41, 5.74) is 2.25. The number of methoxy groups -OCH3 is 3. The molecule has 0 aliphatic rings. The summed E-state index contributed by atoms with van der Waals surface area (Å²) < 4.78 is 24.1. The van der Waals surface area contributed by atoms with Gasteiger partial charge in [-0.05, 0) is 18.2 Å². The molecule has 7 nitrogen and oxygen atoms in total. The number of H-pyrrole nitrogens is 2. The van der Waals surface area contributed by atoms with Crippen molar-refractivity contribution in [3.63, 3.8) is 0 Å². The highest BCUT2D eigenvalue weighted by Gasteiger charge is 2.20. The van der Waals surface area contributed by atoms with E-state index in [9.17, 15) is 4.79 Å². The van der Waals surface area contributed by atoms with E-state index in [0.29, 0.717) is 40.4 Å². The Morgan fingerprint density at radius 3 is 2.54 bits per heavy atom. The molecule has 0 saturated carbocycles. The molecule has 28 heavy (non-hydrogen) atoms. The van der Waals surface area contributed by atoms with Gasteiger partial charge in [0.25, 0.3) is 0 Å². The van der Waals surface area contributed by atoms with E-state index < -0.39 is 0 Å². The van der Waals surface area contributed by atoms with Crippen LogP contribution in [0.15, 0.2) is 48.8 Å². The number of nitrogens with one attached hydrogen (secondary N) is 2. The van der Waals surface area contributed by atoms with Crippen molar-refractivity contribution < 1.29 is 20.4 Å². The van der Waals surface area contributed by atoms with Crippen LogP contribution in [0.1, 0.15) is 17.4 Å². The van der Waals surface area contributed by atoms with Crippen molar-refractivity contribution in [1.82, 2.24) is 15.0 Å². The van der Waals surface area contributed by atoms with Gasteiger partial charge in [-0.25, -0.2) is 4.98 Å². The Kier molecular flexibility index (Phi) is 4.17. The molecule has 0 atom stereocenters. The number of rotatable bonds is 6. The fourth-order valence-electron chi connectivity index (χ4n) is 3.13. The van der Waals surface area contributed by atoms with E-state index >= 15 is 0 Å². The predicted molar refractivity (Wildman–Crippen MR) is 105 cm³/mol. The van der Waals surface area contributed by atoms with E-state index in [0.717, 1.165) is 16.5 Å². The molecule has 0 bridgehead atoms. The van der Waals surface area contributed by atoms with Crippen LogP contribution in [0.2, 0.25) is 0 Å². The topological polar surface area (TPSA) is 89.2 Å². The molecule has 4 rings (SSSR count). The number of carbonyl (C=O) groups excluding carboxylic acids is 1. The maximum atomic E-state index is 13.0. The van der Waals surface area contributed by atoms with Crippen LogP contribution in [-0.2, 0) is 0 Å². The normalized spacial score (nSPS) is 11.3. The standard InChI is InChI=1S/C21H19N3O4/c1-26-17-8-12(9-18(27-2)20(17)28-3)19(25)16-11-23-21(24-16)14-10-22-15-7-5-4-6-13(14)15/h4-11,22H,1-3H3,(H,23,24)/i6D. The van der Waals surface area contributed by atoms with Crippen LogP contribution in [0.4, 0.5) is 0 Å². The monoisotopic (exact) mass is 378 g/mol. The van der Waals surface area contributed by atoms with Crippen LogP contribution in [0.5, 0.6) is 17.2 Å². The second-order valence-electron chi connectivity index (χ2n) is 6.05. The van der Waals surface area contributed by atoms with Crippen LogP contribution in [0.25, 0.3) is 22.3 Å². The number of hydrogen-bond donors (Lipinski definition) is 2. The third-order valence-corrected chi connectivity index (χ3v) is 4.50. The molecule has 142 valence electrons. The fraction of sp³-hybridized carbons (Fsp3) is 0.143. The van der Waals surface area contributed by atoms with E-state index in [2.05, 4.69) is 15.0 Å². The molecule has 2 N–H and O–H groups in total. The zero-order valence-corrected chi connectivity index (χ0v) is 15.6. The van der Waals surface area contributed by atoms with Gasteiger partial charge >= 0.3 is 0 Å². The lowest BCUT2D eigenvalue weighted by Crippen LogP contribution is -2.04. The summed E-state index contributed by atoms with van der Waals surface area (Å²) in [5.74, 6) is 1.44. The Labute approximate surface area is 162 Å². The third-order valence-electron chi connectivity index (χ3n) is 4.50. The van der Waals surface area contributed by atoms with Crippen molar-refractivity contribution in [3.05, 3.63) is 60.0 Å². The highest BCUT2D eigenvalue weighted by molar-refractivity contribution is 6.09. The van der Waals surface area contributed by atoms with Gasteiger partial charge in [0, 0.05) is 28.2 Å². The summed E-state index contributed by atoms with van der Waals surface area (Å²) in [7, 11) is 4.50. The van der Waals surface area contributed by atoms with E-state index in [1.165, 1.54) is 27.5 Å². The van der Waals surface area contributed by atoms with E-state index in [4.69, 9.17) is 15.6 Å². The van der Waals surface area contributed by atoms with Crippen molar-refractivity contribution in [2.45, 2.75) is 0 Å². The molecule has 2 aromatic heterocycles. The minimum Gasteiger partial charge on any atom is -0.493 e. The number of nitrogens with zero attached hydrogens (tertiary/aromatic N) is 1. The lowest BCUT2D eigenvalue weighted by molar-refractivity contribution is 0.103. The number of carbonyl (C=O) groups is 1. The summed E-state index contributed by atoms with van der Waals surface area (Å²) in [5, 5.41) is 0.744. The Balaban J connectivity index is 1.74. The Morgan fingerprint density at radius 2 is 1.86 bits per heavy atom. The summed E-state index contributed by atoms with van der Waals surface area (Å²) in [6.45, 7) is 0. The average Bonchev–Trinajstić information content (AvgIpc) is 3.39. The molecule has 0 radical (unpaired) electrons. The molecule has 0 spiro atoms. The van der Waals surface area contributed by atoms with Gasteiger partial charge in [0.05, 0.1) is 28.9 Å². The number of hydrogen-bond acceptors (Lipinski definition) is 5. The van der Waals surface area contributed by atoms with Crippen molar-refractivity contribution in [2.75, 3.05) is 21.3 Å². The van der Waals surface area contributed by atoms with Crippen LogP contribution in [-0.4, -0.2) is 42.1 Å². The maximum absolute atomic E-state index is 13.0. The van der Waals surface area contributed by atoms with Crippen LogP contribution in [0.3, 0.4) is 0 Å². The van der Waals surface area contributed by atoms with E-state index in [-0.39, 0.29) is 5.78 Å². The number of imidazole rings is 1. The van der Waals surface area contributed by atoms with Gasteiger partial charge < -0.3 is 24.2 Å². The summed E-state index contributed by atoms with van der Waals surface area (Å²) in [4.78, 5) is 23.6. The maximum Gasteiger partial charge on any atom is 0.211 e. The number of aromatic amines is 2. The zero-order chi connectivity index (χ0) is 20.5. The first-order chi connectivity index (χ1) is 14.1. The molecule has 0 fully saturated rings. The molecular formula is C21H19N3O4. The first-order valence-electron chi connectivity index (χ1n) is 9.04. The van der Waals surface area contributed by atoms with Crippen molar-refractivity contribution in [3.8, 4) is 28.6 Å². The van der Waals surface area contributed by atoms with Crippen LogP contribution in [0, 0.1) is 0 Å². The molecule has 2 heterocycles. The fourth-order valence-corrected chi connectivity index (χ4v) is 3.13. The SMILES string of the molecule is [2H]c1cccc2[nH]cc(-c3ncc(C(=O)c4cc(OC)c(OC)c(OC)c4)[nH]3)c12. The molecular weight excluding hydrogens is 358 g/mol. The summed E-state index contributed by atoms with van der Waals surface area (Å²) >= 11 is 0. The molecule has 0 aliphatic carbocycles. The Morgan fingerprint density at radius 1 is 1.11 bits per heavy atom. The number of ketones is 1. The van der Waals surface area contributed by atoms with Crippen molar-refractivity contribution >= 4 is 16.7 Å². The van der Waals surface area contributed by atoms with Gasteiger partial charge in [-0.15, -0.1) is 0 Å². The first kappa shape index (κ1) is 16.4. The van der Waals surface area contributed by atoms with Gasteiger partial charge in [0.15, 0.2) is 11.5 Å². The minimum absolute atomic E-state index is 0.269. The Bertz CT molecular complexity index is 1190. The van der Waals surface area contributed by atoms with Crippen molar-refractivity contribution in [1.29, 1.82) is 0 Å². The third kappa shape index (κ3) is 2.87. The molecule has 0 saturated heterocycles. The van der Waals surface area contributed by atoms with E-state index in [1.807, 2.05) is 12.1 Å². The molecule has 0 unspecified atom stereocenters. The number of para-hydroxylation sites is 1. The van der Waals surface area contributed by atoms with Crippen molar-refractivity contribution in [2.24, 2.45) is 0 Å². The lowest BCUT2D eigenvalue weighted by atomic mass is 10.1. The molecule has 7 heteroatoms. The Hall–Kier alpha value is -3.74. The molecule has 4 aromatic rings.